The second-order valence-corrected chi connectivity index (χ2v) is 24.8. The van der Waals surface area contributed by atoms with Crippen molar-refractivity contribution < 1.29 is 31.4 Å². The molecule has 0 atom stereocenters. The maximum atomic E-state index is 11.7. The maximum Gasteiger partial charge on any atom is 0 e. The normalized spacial score (nSPS) is 12.5. The molecule has 4 nitrogen and oxygen atoms in total. The Bertz CT molecular complexity index is 1870. The summed E-state index contributed by atoms with van der Waals surface area (Å²) in [5.41, 5.74) is 3.97. The number of aromatic nitrogens is 2. The fourth-order valence-corrected chi connectivity index (χ4v) is 12.0. The first-order valence-corrected chi connectivity index (χ1v) is 24.6. The fraction of sp³-hybridized carbons (Fsp3) is 0.410. The molecule has 7 heteroatoms. The molecule has 5 rings (SSSR count). The molecule has 5 aromatic rings. The first-order valence-electron chi connectivity index (χ1n) is 16.9. The molecule has 0 aliphatic heterocycles. The number of benzene rings is 3. The van der Waals surface area contributed by atoms with Gasteiger partial charge in [0.2, 0.25) is 0 Å². The van der Waals surface area contributed by atoms with Crippen LogP contribution in [0.1, 0.15) is 80.1 Å². The molecule has 0 saturated carbocycles. The Kier molecular flexibility index (Phi) is 13.2. The summed E-state index contributed by atoms with van der Waals surface area (Å²) in [6.45, 7) is 12.5. The van der Waals surface area contributed by atoms with Gasteiger partial charge in [0.1, 0.15) is 0 Å². The van der Waals surface area contributed by atoms with Gasteiger partial charge in [-0.15, -0.1) is 0 Å². The third-order valence-electron chi connectivity index (χ3n) is 8.80. The summed E-state index contributed by atoms with van der Waals surface area (Å²) in [4.78, 5) is 20.9. The third-order valence-corrected chi connectivity index (χ3v) is 14.7. The van der Waals surface area contributed by atoms with Gasteiger partial charge in [-0.05, 0) is 25.7 Å². The van der Waals surface area contributed by atoms with Crippen LogP contribution < -0.4 is 4.40 Å². The standard InChI is InChI=1S/C26H25GeN2S.C13H24O2.Ir/c1-16(2)21-14-18(13-17-9-6-7-10-19(17)21)23-26-24(29-15-28-23)20-11-8-12-22(25(20)30-26)27(3,4)5;1-5-10(6-2)12(14)9-13(15)11(7-3)8-4;/h6-12,14-16H,1-5H3;9-11,14H,5-8H2,1-4H3;/q-1;;/b;12-9-;/i15D;;. The summed E-state index contributed by atoms with van der Waals surface area (Å²) in [6, 6.07) is 20.8. The molecule has 1 N–H and O–H groups in total. The molecule has 46 heavy (non-hydrogen) atoms. The Balaban J connectivity index is 0.000000322. The summed E-state index contributed by atoms with van der Waals surface area (Å²) in [6.07, 6.45) is 4.97. The summed E-state index contributed by atoms with van der Waals surface area (Å²) < 4.78 is 12.2. The number of hydrogen-bond donors (Lipinski definition) is 1. The summed E-state index contributed by atoms with van der Waals surface area (Å²) >= 11 is -0.282. The van der Waals surface area contributed by atoms with E-state index < -0.39 is 13.3 Å². The molecule has 0 saturated heterocycles. The number of fused-ring (bicyclic) bond motifs is 4. The topological polar surface area (TPSA) is 63.1 Å². The van der Waals surface area contributed by atoms with Crippen LogP contribution in [0.4, 0.5) is 0 Å². The van der Waals surface area contributed by atoms with Crippen molar-refractivity contribution in [2.24, 2.45) is 11.8 Å². The van der Waals surface area contributed by atoms with Crippen LogP contribution in [-0.4, -0.2) is 34.1 Å². The number of rotatable bonds is 10. The van der Waals surface area contributed by atoms with Crippen molar-refractivity contribution in [3.63, 3.8) is 0 Å². The predicted molar refractivity (Wildman–Crippen MR) is 198 cm³/mol. The second-order valence-electron chi connectivity index (χ2n) is 13.2. The van der Waals surface area contributed by atoms with E-state index >= 15 is 0 Å². The van der Waals surface area contributed by atoms with Crippen LogP contribution in [0.3, 0.4) is 0 Å². The minimum Gasteiger partial charge on any atom is 0 e. The van der Waals surface area contributed by atoms with Gasteiger partial charge in [-0.25, -0.2) is 0 Å². The van der Waals surface area contributed by atoms with E-state index in [1.165, 1.54) is 26.1 Å². The van der Waals surface area contributed by atoms with Gasteiger partial charge in [0.05, 0.1) is 5.76 Å². The zero-order valence-corrected chi connectivity index (χ0v) is 34.1. The number of allylic oxidation sites excluding steroid dienone is 2. The quantitative estimate of drug-likeness (QED) is 0.0657. The molecule has 0 spiro atoms. The number of thiophene rings is 1. The number of carbonyl (C=O) groups excluding carboxylic acids is 1. The zero-order chi connectivity index (χ0) is 33.8. The smallest absolute Gasteiger partial charge is 0 e. The molecule has 0 amide bonds. The minimum absolute atomic E-state index is 0. The summed E-state index contributed by atoms with van der Waals surface area (Å²) in [7, 11) is 0. The Morgan fingerprint density at radius 2 is 1.57 bits per heavy atom. The fourth-order valence-electron chi connectivity index (χ4n) is 5.97. The van der Waals surface area contributed by atoms with Gasteiger partial charge in [-0.1, -0.05) is 27.7 Å². The molecule has 2 aromatic heterocycles. The number of aliphatic hydroxyl groups excluding tert-OH is 1. The van der Waals surface area contributed by atoms with Crippen LogP contribution in [0.5, 0.6) is 0 Å². The molecular weight excluding hydrogens is 825 g/mol. The molecule has 2 heterocycles. The monoisotopic (exact) mass is 877 g/mol. The van der Waals surface area contributed by atoms with E-state index in [2.05, 4.69) is 95.7 Å². The van der Waals surface area contributed by atoms with Crippen LogP contribution in [0, 0.1) is 17.9 Å². The van der Waals surface area contributed by atoms with Crippen LogP contribution >= 0.6 is 11.3 Å². The van der Waals surface area contributed by atoms with Crippen molar-refractivity contribution in [3.05, 3.63) is 78.3 Å². The molecule has 1 radical (unpaired) electrons. The third kappa shape index (κ3) is 8.36. The van der Waals surface area contributed by atoms with Crippen molar-refractivity contribution >= 4 is 65.9 Å². The van der Waals surface area contributed by atoms with E-state index in [0.717, 1.165) is 57.9 Å². The van der Waals surface area contributed by atoms with E-state index in [-0.39, 0.29) is 49.8 Å². The van der Waals surface area contributed by atoms with E-state index in [4.69, 9.17) is 1.37 Å². The van der Waals surface area contributed by atoms with Crippen molar-refractivity contribution in [1.82, 2.24) is 9.97 Å². The minimum atomic E-state index is -2.07. The van der Waals surface area contributed by atoms with Crippen LogP contribution in [0.2, 0.25) is 17.3 Å². The van der Waals surface area contributed by atoms with Gasteiger partial charge in [0.25, 0.3) is 0 Å². The van der Waals surface area contributed by atoms with Gasteiger partial charge in [-0.3, -0.25) is 4.79 Å². The average molecular weight is 876 g/mol. The van der Waals surface area contributed by atoms with Gasteiger partial charge < -0.3 is 5.11 Å². The number of carbonyl (C=O) groups is 1. The molecule has 0 fully saturated rings. The Labute approximate surface area is 297 Å². The van der Waals surface area contributed by atoms with Gasteiger partial charge in [0.15, 0.2) is 5.78 Å². The van der Waals surface area contributed by atoms with E-state index in [9.17, 15) is 9.90 Å². The van der Waals surface area contributed by atoms with Crippen LogP contribution in [-0.2, 0) is 24.9 Å². The van der Waals surface area contributed by atoms with Crippen LogP contribution in [0.25, 0.3) is 42.3 Å². The molecule has 247 valence electrons. The first kappa shape index (κ1) is 36.5. The Morgan fingerprint density at radius 1 is 0.935 bits per heavy atom. The zero-order valence-electron chi connectivity index (χ0n) is 29.7. The Morgan fingerprint density at radius 3 is 2.17 bits per heavy atom. The molecule has 3 aromatic carbocycles. The van der Waals surface area contributed by atoms with E-state index in [1.807, 2.05) is 27.7 Å². The number of nitrogens with zero attached hydrogens (tertiary/aromatic N) is 2. The molecular formula is C39H49GeIrN2O2S-. The van der Waals surface area contributed by atoms with E-state index in [0.29, 0.717) is 5.92 Å². The molecule has 0 aliphatic rings. The molecule has 0 aliphatic carbocycles. The average Bonchev–Trinajstić information content (AvgIpc) is 3.39. The van der Waals surface area contributed by atoms with Gasteiger partial charge in [-0.2, -0.15) is 0 Å². The predicted octanol–water partition coefficient (Wildman–Crippen LogP) is 11.0. The number of aliphatic hydroxyl groups is 1. The Hall–Kier alpha value is -2.38. The summed E-state index contributed by atoms with van der Waals surface area (Å²) in [5, 5.41) is 13.2. The largest absolute Gasteiger partial charge is 0 e. The molecule has 0 unspecified atom stereocenters. The van der Waals surface area contributed by atoms with Crippen LogP contribution in [0.15, 0.2) is 66.7 Å². The number of ketones is 1. The van der Waals surface area contributed by atoms with Crippen molar-refractivity contribution in [2.45, 2.75) is 90.4 Å². The first-order chi connectivity index (χ1) is 21.8. The van der Waals surface area contributed by atoms with E-state index in [1.54, 1.807) is 11.3 Å². The maximum absolute atomic E-state index is 11.7. The molecule has 0 bridgehead atoms. The number of hydrogen-bond acceptors (Lipinski definition) is 5. The van der Waals surface area contributed by atoms with Crippen molar-refractivity contribution in [1.29, 1.82) is 0 Å². The van der Waals surface area contributed by atoms with Gasteiger partial charge >= 0.3 is 186 Å². The van der Waals surface area contributed by atoms with Crippen molar-refractivity contribution in [2.75, 3.05) is 0 Å². The van der Waals surface area contributed by atoms with Gasteiger partial charge in [0, 0.05) is 38.0 Å². The summed E-state index contributed by atoms with van der Waals surface area (Å²) in [5.74, 6) is 8.20. The second kappa shape index (κ2) is 16.6. The SMILES string of the molecule is CCC(CC)C(=O)/C=C(\O)C(CC)CC.[2H]c1nc(-c2[c-]c3ccccc3c(C(C)C)c2)c2sc3[c]([Ge]([CH3])([CH3])[CH3])cccc3c2n1.[Ir]. The van der Waals surface area contributed by atoms with Crippen molar-refractivity contribution in [3.8, 4) is 11.3 Å².